The van der Waals surface area contributed by atoms with Crippen LogP contribution in [0.4, 0.5) is 0 Å². The van der Waals surface area contributed by atoms with Gasteiger partial charge in [0.05, 0.1) is 0 Å². The third-order valence-electron chi connectivity index (χ3n) is 19.5. The molecule has 17 aromatic carbocycles. The fourth-order valence-corrected chi connectivity index (χ4v) is 15.5. The molecule has 0 nitrogen and oxygen atoms in total. The van der Waals surface area contributed by atoms with E-state index in [0.29, 0.717) is 0 Å². The minimum atomic E-state index is 1.19. The summed E-state index contributed by atoms with van der Waals surface area (Å²) in [5, 5.41) is 17.5. The molecule has 0 bridgehead atoms. The topological polar surface area (TPSA) is 0 Å². The van der Waals surface area contributed by atoms with E-state index >= 15 is 0 Å². The largest absolute Gasteiger partial charge is 0.0622 e. The molecule has 2 aliphatic rings. The summed E-state index contributed by atoms with van der Waals surface area (Å²) in [6, 6.07) is 119. The second kappa shape index (κ2) is 19.0. The first kappa shape index (κ1) is 48.9. The zero-order valence-electron chi connectivity index (χ0n) is 48.0. The lowest BCUT2D eigenvalue weighted by Crippen LogP contribution is -1.96. The molecule has 17 aromatic rings. The molecule has 0 amide bonds. The summed E-state index contributed by atoms with van der Waals surface area (Å²) in [6.45, 7) is 0. The number of fused-ring (bicyclic) bond motifs is 11. The fourth-order valence-electron chi connectivity index (χ4n) is 15.5. The third-order valence-corrected chi connectivity index (χ3v) is 19.5. The Bertz CT molecular complexity index is 5560. The van der Waals surface area contributed by atoms with Crippen molar-refractivity contribution in [2.45, 2.75) is 0 Å². The number of benzene rings is 17. The maximum absolute atomic E-state index is 2.53. The van der Waals surface area contributed by atoms with Gasteiger partial charge in [-0.3, -0.25) is 0 Å². The van der Waals surface area contributed by atoms with E-state index in [-0.39, 0.29) is 0 Å². The Morgan fingerprint density at radius 1 is 0.125 bits per heavy atom. The van der Waals surface area contributed by atoms with Crippen LogP contribution < -0.4 is 0 Å². The lowest BCUT2D eigenvalue weighted by Gasteiger charge is -2.23. The maximum Gasteiger partial charge on any atom is -0.000740 e. The number of hydrogen-bond acceptors (Lipinski definition) is 0. The first-order valence-corrected chi connectivity index (χ1v) is 30.7. The van der Waals surface area contributed by atoms with Crippen molar-refractivity contribution in [2.24, 2.45) is 0 Å². The third kappa shape index (κ3) is 7.27. The van der Waals surface area contributed by atoms with Crippen LogP contribution in [0, 0.1) is 0 Å². The number of rotatable bonds is 7. The highest BCUT2D eigenvalue weighted by atomic mass is 14.4. The average Bonchev–Trinajstić information content (AvgIpc) is 1.53. The molecule has 0 radical (unpaired) electrons. The molecule has 0 heterocycles. The van der Waals surface area contributed by atoms with E-state index in [1.165, 1.54) is 198 Å². The molecule has 0 heteroatoms. The summed E-state index contributed by atoms with van der Waals surface area (Å²) < 4.78 is 0. The van der Waals surface area contributed by atoms with E-state index in [1.807, 2.05) is 0 Å². The van der Waals surface area contributed by atoms with E-state index in [4.69, 9.17) is 0 Å². The molecular formula is C88H52. The van der Waals surface area contributed by atoms with Gasteiger partial charge in [-0.05, 0) is 234 Å². The molecule has 0 spiro atoms. The molecule has 0 saturated carbocycles. The Morgan fingerprint density at radius 2 is 0.432 bits per heavy atom. The van der Waals surface area contributed by atoms with Gasteiger partial charge in [-0.1, -0.05) is 279 Å². The van der Waals surface area contributed by atoms with Crippen LogP contribution in [0.3, 0.4) is 0 Å². The zero-order valence-corrected chi connectivity index (χ0v) is 48.0. The van der Waals surface area contributed by atoms with E-state index in [1.54, 1.807) is 0 Å². The first-order chi connectivity index (χ1) is 43.6. The predicted molar refractivity (Wildman–Crippen MR) is 376 cm³/mol. The van der Waals surface area contributed by atoms with Crippen LogP contribution in [0.15, 0.2) is 315 Å². The van der Waals surface area contributed by atoms with Crippen LogP contribution in [0.2, 0.25) is 0 Å². The van der Waals surface area contributed by atoms with Crippen molar-refractivity contribution in [3.05, 3.63) is 315 Å². The fraction of sp³-hybridized carbons (Fsp3) is 0. The SMILES string of the molecule is c1ccc(-c2cc3c(-c4ccc5ccccc5c4)c4c(c(-c5ccc6ccccc6c5)c3cc2-c2ccccc2)-c2ccc(-c3ccc5c6c(cccc36)-c3c(-c6ccc7ccccc7c6)ccc(-c6ccc7ccccc7c6)c3-5)c3cccc-4c23)cc1. The van der Waals surface area contributed by atoms with Gasteiger partial charge >= 0.3 is 0 Å². The van der Waals surface area contributed by atoms with Gasteiger partial charge in [0.25, 0.3) is 0 Å². The van der Waals surface area contributed by atoms with Gasteiger partial charge in [-0.25, -0.2) is 0 Å². The van der Waals surface area contributed by atoms with Crippen molar-refractivity contribution < 1.29 is 0 Å². The van der Waals surface area contributed by atoms with Crippen LogP contribution in [-0.2, 0) is 0 Å². The Morgan fingerprint density at radius 3 is 0.841 bits per heavy atom. The van der Waals surface area contributed by atoms with Crippen molar-refractivity contribution in [1.82, 2.24) is 0 Å². The highest BCUT2D eigenvalue weighted by molar-refractivity contribution is 6.31. The molecule has 0 aliphatic heterocycles. The van der Waals surface area contributed by atoms with Crippen molar-refractivity contribution in [3.63, 3.8) is 0 Å². The molecule has 0 aromatic heterocycles. The van der Waals surface area contributed by atoms with Crippen LogP contribution in [0.25, 0.3) is 198 Å². The molecule has 88 heavy (non-hydrogen) atoms. The van der Waals surface area contributed by atoms with Crippen LogP contribution in [-0.4, -0.2) is 0 Å². The molecule has 0 atom stereocenters. The normalized spacial score (nSPS) is 12.1. The highest BCUT2D eigenvalue weighted by Gasteiger charge is 2.34. The quantitative estimate of drug-likeness (QED) is 0.149. The minimum Gasteiger partial charge on any atom is -0.0622 e. The molecule has 0 unspecified atom stereocenters. The highest BCUT2D eigenvalue weighted by Crippen LogP contribution is 2.61. The lowest BCUT2D eigenvalue weighted by molar-refractivity contribution is 1.59. The summed E-state index contributed by atoms with van der Waals surface area (Å²) in [6.07, 6.45) is 0. The summed E-state index contributed by atoms with van der Waals surface area (Å²) in [4.78, 5) is 0. The molecule has 2 aliphatic carbocycles. The molecule has 404 valence electrons. The van der Waals surface area contributed by atoms with Gasteiger partial charge in [0, 0.05) is 0 Å². The maximum atomic E-state index is 2.53. The van der Waals surface area contributed by atoms with Crippen LogP contribution >= 0.6 is 0 Å². The smallest absolute Gasteiger partial charge is 0.000740 e. The Balaban J connectivity index is 0.891. The average molecular weight is 1110 g/mol. The second-order valence-electron chi connectivity index (χ2n) is 24.1. The van der Waals surface area contributed by atoms with Crippen LogP contribution in [0.5, 0.6) is 0 Å². The van der Waals surface area contributed by atoms with Crippen molar-refractivity contribution in [3.8, 4) is 122 Å². The predicted octanol–water partition coefficient (Wildman–Crippen LogP) is 24.7. The summed E-state index contributed by atoms with van der Waals surface area (Å²) in [5.74, 6) is 0. The van der Waals surface area contributed by atoms with E-state index in [2.05, 4.69) is 315 Å². The van der Waals surface area contributed by atoms with Crippen LogP contribution in [0.1, 0.15) is 0 Å². The monoisotopic (exact) mass is 1110 g/mol. The molecule has 0 N–H and O–H groups in total. The van der Waals surface area contributed by atoms with E-state index in [9.17, 15) is 0 Å². The van der Waals surface area contributed by atoms with Gasteiger partial charge < -0.3 is 0 Å². The van der Waals surface area contributed by atoms with E-state index in [0.717, 1.165) is 0 Å². The Kier molecular flexibility index (Phi) is 10.6. The van der Waals surface area contributed by atoms with Gasteiger partial charge in [-0.2, -0.15) is 0 Å². The summed E-state index contributed by atoms with van der Waals surface area (Å²) >= 11 is 0. The Hall–Kier alpha value is -11.4. The lowest BCUT2D eigenvalue weighted by atomic mass is 9.79. The molecule has 0 fully saturated rings. The summed E-state index contributed by atoms with van der Waals surface area (Å²) in [5.41, 5.74) is 27.4. The molecular weight excluding hydrogens is 1060 g/mol. The zero-order chi connectivity index (χ0) is 57.6. The standard InChI is InChI=1S/C88H52/c1-3-21-57(22-4-1)77-51-79-80(52-78(77)58-23-5-2-6-24-58)82(66-40-36-56-20-10-14-28-62(56)50-66)88-76-46-44-70(72-30-16-32-74(84(72)76)87(88)81(79)65-39-35-55-19-9-13-27-61(55)49-65)69-43-45-75-83-71(69)29-15-31-73(83)85-67(63-37-33-53-17-7-11-25-59(53)47-63)41-42-68(86(75)85)64-38-34-54-18-8-12-26-60(54)48-64/h1-52H. The molecule has 19 rings (SSSR count). The van der Waals surface area contributed by atoms with Crippen molar-refractivity contribution in [2.75, 3.05) is 0 Å². The van der Waals surface area contributed by atoms with Gasteiger partial charge in [0.2, 0.25) is 0 Å². The van der Waals surface area contributed by atoms with Gasteiger partial charge in [0.15, 0.2) is 0 Å². The second-order valence-corrected chi connectivity index (χ2v) is 24.1. The van der Waals surface area contributed by atoms with Crippen molar-refractivity contribution in [1.29, 1.82) is 0 Å². The minimum absolute atomic E-state index is 1.19. The molecule has 0 saturated heterocycles. The van der Waals surface area contributed by atoms with E-state index < -0.39 is 0 Å². The van der Waals surface area contributed by atoms with Gasteiger partial charge in [-0.15, -0.1) is 0 Å². The number of hydrogen-bond donors (Lipinski definition) is 0. The Labute approximate surface area is 510 Å². The first-order valence-electron chi connectivity index (χ1n) is 30.7. The summed E-state index contributed by atoms with van der Waals surface area (Å²) in [7, 11) is 0. The van der Waals surface area contributed by atoms with Gasteiger partial charge in [0.1, 0.15) is 0 Å². The van der Waals surface area contributed by atoms with Crippen molar-refractivity contribution >= 4 is 75.4 Å².